The Hall–Kier alpha value is -1.09. The van der Waals surface area contributed by atoms with E-state index in [2.05, 4.69) is 37.1 Å². The van der Waals surface area contributed by atoms with E-state index in [0.717, 1.165) is 36.7 Å². The van der Waals surface area contributed by atoms with Gasteiger partial charge in [-0.1, -0.05) is 26.8 Å². The third-order valence-corrected chi connectivity index (χ3v) is 3.79. The van der Waals surface area contributed by atoms with Crippen molar-refractivity contribution >= 4 is 5.69 Å². The van der Waals surface area contributed by atoms with Crippen LogP contribution in [0.4, 0.5) is 10.1 Å². The van der Waals surface area contributed by atoms with Gasteiger partial charge in [-0.05, 0) is 37.3 Å². The summed E-state index contributed by atoms with van der Waals surface area (Å²) in [5.41, 5.74) is 1.89. The largest absolute Gasteiger partial charge is 0.371 e. The SMILES string of the molecule is CCCN(CC1CC1)c1cccc(F)c1CNC(C)C. The van der Waals surface area contributed by atoms with E-state index in [4.69, 9.17) is 0 Å². The van der Waals surface area contributed by atoms with Crippen molar-refractivity contribution < 1.29 is 4.39 Å². The van der Waals surface area contributed by atoms with Gasteiger partial charge in [0.25, 0.3) is 0 Å². The van der Waals surface area contributed by atoms with Crippen LogP contribution >= 0.6 is 0 Å². The molecule has 2 rings (SSSR count). The summed E-state index contributed by atoms with van der Waals surface area (Å²) in [7, 11) is 0. The predicted molar refractivity (Wildman–Crippen MR) is 83.6 cm³/mol. The lowest BCUT2D eigenvalue weighted by Gasteiger charge is -2.27. The fourth-order valence-corrected chi connectivity index (χ4v) is 2.52. The predicted octanol–water partition coefficient (Wildman–Crippen LogP) is 3.95. The highest BCUT2D eigenvalue weighted by atomic mass is 19.1. The van der Waals surface area contributed by atoms with Crippen molar-refractivity contribution in [1.29, 1.82) is 0 Å². The normalized spacial score (nSPS) is 14.8. The number of hydrogen-bond acceptors (Lipinski definition) is 2. The van der Waals surface area contributed by atoms with Gasteiger partial charge in [0.1, 0.15) is 5.82 Å². The van der Waals surface area contributed by atoms with E-state index in [-0.39, 0.29) is 5.82 Å². The molecule has 3 heteroatoms. The maximum atomic E-state index is 14.2. The monoisotopic (exact) mass is 278 g/mol. The average Bonchev–Trinajstić information content (AvgIpc) is 3.20. The molecule has 0 amide bonds. The third-order valence-electron chi connectivity index (χ3n) is 3.79. The van der Waals surface area contributed by atoms with Crippen LogP contribution in [0.1, 0.15) is 45.6 Å². The fourth-order valence-electron chi connectivity index (χ4n) is 2.52. The molecule has 1 fully saturated rings. The molecule has 1 aromatic carbocycles. The van der Waals surface area contributed by atoms with Crippen molar-refractivity contribution in [1.82, 2.24) is 5.32 Å². The van der Waals surface area contributed by atoms with Gasteiger partial charge < -0.3 is 10.2 Å². The molecule has 0 heterocycles. The molecule has 0 radical (unpaired) electrons. The van der Waals surface area contributed by atoms with E-state index in [1.807, 2.05) is 6.07 Å². The van der Waals surface area contributed by atoms with Gasteiger partial charge in [0.05, 0.1) is 0 Å². The summed E-state index contributed by atoms with van der Waals surface area (Å²) in [4.78, 5) is 2.37. The minimum Gasteiger partial charge on any atom is -0.371 e. The van der Waals surface area contributed by atoms with Crippen LogP contribution in [0.2, 0.25) is 0 Å². The van der Waals surface area contributed by atoms with Crippen LogP contribution in [0, 0.1) is 11.7 Å². The summed E-state index contributed by atoms with van der Waals surface area (Å²) >= 11 is 0. The summed E-state index contributed by atoms with van der Waals surface area (Å²) in [6, 6.07) is 5.84. The Labute approximate surface area is 122 Å². The minimum absolute atomic E-state index is 0.0902. The molecule has 1 saturated carbocycles. The lowest BCUT2D eigenvalue weighted by Crippen LogP contribution is -2.30. The Morgan fingerprint density at radius 2 is 2.10 bits per heavy atom. The lowest BCUT2D eigenvalue weighted by atomic mass is 10.1. The Kier molecular flexibility index (Phi) is 5.41. The van der Waals surface area contributed by atoms with Crippen LogP contribution in [0.5, 0.6) is 0 Å². The van der Waals surface area contributed by atoms with Gasteiger partial charge in [-0.15, -0.1) is 0 Å². The van der Waals surface area contributed by atoms with Crippen LogP contribution in [-0.2, 0) is 6.54 Å². The Morgan fingerprint density at radius 3 is 2.70 bits per heavy atom. The lowest BCUT2D eigenvalue weighted by molar-refractivity contribution is 0.550. The zero-order valence-corrected chi connectivity index (χ0v) is 13.0. The first-order chi connectivity index (χ1) is 9.61. The zero-order chi connectivity index (χ0) is 14.5. The van der Waals surface area contributed by atoms with Crippen molar-refractivity contribution in [2.75, 3.05) is 18.0 Å². The van der Waals surface area contributed by atoms with E-state index >= 15 is 0 Å². The summed E-state index contributed by atoms with van der Waals surface area (Å²) < 4.78 is 14.2. The molecule has 0 spiro atoms. The first-order valence-corrected chi connectivity index (χ1v) is 7.87. The molecule has 1 N–H and O–H groups in total. The number of hydrogen-bond donors (Lipinski definition) is 1. The van der Waals surface area contributed by atoms with E-state index in [0.29, 0.717) is 12.6 Å². The highest BCUT2D eigenvalue weighted by Crippen LogP contribution is 2.33. The number of nitrogens with zero attached hydrogens (tertiary/aromatic N) is 1. The number of nitrogens with one attached hydrogen (secondary N) is 1. The molecule has 1 aliphatic rings. The second kappa shape index (κ2) is 7.07. The van der Waals surface area contributed by atoms with Crippen molar-refractivity contribution in [2.45, 2.75) is 52.6 Å². The van der Waals surface area contributed by atoms with Crippen molar-refractivity contribution in [3.05, 3.63) is 29.6 Å². The molecular weight excluding hydrogens is 251 g/mol. The molecule has 0 bridgehead atoms. The fraction of sp³-hybridized carbons (Fsp3) is 0.647. The van der Waals surface area contributed by atoms with Crippen LogP contribution < -0.4 is 10.2 Å². The molecule has 0 atom stereocenters. The Bertz CT molecular complexity index is 427. The van der Waals surface area contributed by atoms with Gasteiger partial charge in [-0.2, -0.15) is 0 Å². The van der Waals surface area contributed by atoms with Crippen LogP contribution in [0.3, 0.4) is 0 Å². The van der Waals surface area contributed by atoms with Gasteiger partial charge in [0, 0.05) is 36.9 Å². The molecule has 20 heavy (non-hydrogen) atoms. The van der Waals surface area contributed by atoms with E-state index in [1.165, 1.54) is 12.8 Å². The van der Waals surface area contributed by atoms with Crippen LogP contribution in [0.15, 0.2) is 18.2 Å². The molecule has 0 unspecified atom stereocenters. The quantitative estimate of drug-likeness (QED) is 0.774. The average molecular weight is 278 g/mol. The third kappa shape index (κ3) is 4.20. The van der Waals surface area contributed by atoms with Gasteiger partial charge in [0.2, 0.25) is 0 Å². The molecule has 0 aromatic heterocycles. The van der Waals surface area contributed by atoms with Gasteiger partial charge in [0.15, 0.2) is 0 Å². The maximum absolute atomic E-state index is 14.2. The van der Waals surface area contributed by atoms with Crippen molar-refractivity contribution in [3.63, 3.8) is 0 Å². The van der Waals surface area contributed by atoms with E-state index < -0.39 is 0 Å². The van der Waals surface area contributed by atoms with Gasteiger partial charge in [-0.3, -0.25) is 0 Å². The maximum Gasteiger partial charge on any atom is 0.129 e. The molecule has 1 aliphatic carbocycles. The van der Waals surface area contributed by atoms with E-state index in [9.17, 15) is 4.39 Å². The number of halogens is 1. The van der Waals surface area contributed by atoms with Crippen molar-refractivity contribution in [2.24, 2.45) is 5.92 Å². The summed E-state index contributed by atoms with van der Waals surface area (Å²) in [6.07, 6.45) is 3.75. The van der Waals surface area contributed by atoms with Crippen LogP contribution in [-0.4, -0.2) is 19.1 Å². The smallest absolute Gasteiger partial charge is 0.129 e. The number of benzene rings is 1. The molecule has 0 saturated heterocycles. The van der Waals surface area contributed by atoms with Gasteiger partial charge >= 0.3 is 0 Å². The standard InChI is InChI=1S/C17H27FN2/c1-4-10-20(12-14-8-9-14)17-7-5-6-16(18)15(17)11-19-13(2)3/h5-7,13-14,19H,4,8-12H2,1-3H3. The molecule has 0 aliphatic heterocycles. The first-order valence-electron chi connectivity index (χ1n) is 7.87. The molecule has 112 valence electrons. The Morgan fingerprint density at radius 1 is 1.35 bits per heavy atom. The van der Waals surface area contributed by atoms with Gasteiger partial charge in [-0.25, -0.2) is 4.39 Å². The number of anilines is 1. The molecule has 2 nitrogen and oxygen atoms in total. The summed E-state index contributed by atoms with van der Waals surface area (Å²) in [6.45, 7) is 9.06. The highest BCUT2D eigenvalue weighted by Gasteiger charge is 2.25. The Balaban J connectivity index is 2.19. The second-order valence-electron chi connectivity index (χ2n) is 6.16. The highest BCUT2D eigenvalue weighted by molar-refractivity contribution is 5.54. The van der Waals surface area contributed by atoms with Crippen LogP contribution in [0.25, 0.3) is 0 Å². The van der Waals surface area contributed by atoms with Crippen molar-refractivity contribution in [3.8, 4) is 0 Å². The first kappa shape index (κ1) is 15.3. The topological polar surface area (TPSA) is 15.3 Å². The number of rotatable bonds is 8. The summed E-state index contributed by atoms with van der Waals surface area (Å²) in [5, 5.41) is 3.34. The minimum atomic E-state index is -0.0902. The summed E-state index contributed by atoms with van der Waals surface area (Å²) in [5.74, 6) is 0.725. The molecular formula is C17H27FN2. The second-order valence-corrected chi connectivity index (χ2v) is 6.16. The van der Waals surface area contributed by atoms with E-state index in [1.54, 1.807) is 6.07 Å². The zero-order valence-electron chi connectivity index (χ0n) is 13.0. The molecule has 1 aromatic rings.